The molecule has 0 amide bonds. The lowest BCUT2D eigenvalue weighted by atomic mass is 9.95. The van der Waals surface area contributed by atoms with Crippen LogP contribution in [0.25, 0.3) is 11.6 Å². The lowest BCUT2D eigenvalue weighted by Gasteiger charge is -2.23. The Balaban J connectivity index is 1.52. The topological polar surface area (TPSA) is 49.9 Å². The number of benzene rings is 3. The molecule has 2 aliphatic rings. The van der Waals surface area contributed by atoms with Gasteiger partial charge in [-0.15, -0.1) is 0 Å². The smallest absolute Gasteiger partial charge is 0.211 e. The van der Waals surface area contributed by atoms with Gasteiger partial charge in [-0.05, 0) is 37.1 Å². The molecule has 5 heteroatoms. The van der Waals surface area contributed by atoms with Crippen LogP contribution in [0.3, 0.4) is 0 Å². The van der Waals surface area contributed by atoms with E-state index in [1.807, 2.05) is 66.7 Å². The molecule has 1 fully saturated rings. The number of thiazole rings is 1. The number of aromatic nitrogens is 1. The summed E-state index contributed by atoms with van der Waals surface area (Å²) >= 11 is 1.55. The molecule has 0 atom stereocenters. The number of aromatic hydroxyl groups is 1. The molecule has 35 heavy (non-hydrogen) atoms. The highest BCUT2D eigenvalue weighted by Gasteiger charge is 2.25. The van der Waals surface area contributed by atoms with E-state index in [1.165, 1.54) is 19.3 Å². The summed E-state index contributed by atoms with van der Waals surface area (Å²) in [6.07, 6.45) is 7.88. The molecule has 1 aliphatic carbocycles. The van der Waals surface area contributed by atoms with Crippen LogP contribution in [0.15, 0.2) is 94.9 Å². The number of rotatable bonds is 4. The monoisotopic (exact) mass is 477 g/mol. The van der Waals surface area contributed by atoms with Crippen LogP contribution in [-0.4, -0.2) is 15.4 Å². The Bertz CT molecular complexity index is 1470. The van der Waals surface area contributed by atoms with Gasteiger partial charge in [-0.1, -0.05) is 97.3 Å². The highest BCUT2D eigenvalue weighted by Crippen LogP contribution is 2.40. The molecule has 3 aromatic carbocycles. The second-order valence-electron chi connectivity index (χ2n) is 9.08. The van der Waals surface area contributed by atoms with E-state index in [1.54, 1.807) is 11.3 Å². The molecule has 1 N–H and O–H groups in total. The molecule has 0 spiro atoms. The molecule has 4 aromatic rings. The van der Waals surface area contributed by atoms with Crippen LogP contribution < -0.4 is 4.80 Å². The van der Waals surface area contributed by atoms with E-state index in [4.69, 9.17) is 9.98 Å². The Morgan fingerprint density at radius 1 is 0.857 bits per heavy atom. The second-order valence-corrected chi connectivity index (χ2v) is 10.1. The third-order valence-corrected chi connectivity index (χ3v) is 7.77. The van der Waals surface area contributed by atoms with E-state index in [0.717, 1.165) is 56.3 Å². The van der Waals surface area contributed by atoms with Crippen LogP contribution >= 0.6 is 11.3 Å². The number of hydrogen-bond donors (Lipinski definition) is 1. The van der Waals surface area contributed by atoms with Crippen LogP contribution in [-0.2, 0) is 0 Å². The lowest BCUT2D eigenvalue weighted by molar-refractivity contribution is 0.307. The van der Waals surface area contributed by atoms with E-state index < -0.39 is 0 Å². The number of allylic oxidation sites excluding steroid dienone is 1. The van der Waals surface area contributed by atoms with Gasteiger partial charge in [0.15, 0.2) is 4.80 Å². The fraction of sp³-hybridized carbons (Fsp3) is 0.200. The number of para-hydroxylation sites is 2. The molecule has 2 heterocycles. The molecule has 1 saturated carbocycles. The standard InChI is InChI=1S/C30H27N3OS/c34-29-27(20-25-24-18-10-11-19-26(24)32-28(25)21-12-4-1-5-13-21)35-30(31-22-14-6-2-7-15-22)33(29)23-16-8-3-9-17-23/h1-2,4-7,10-15,18-20,23,34H,3,8-9,16-17H2. The van der Waals surface area contributed by atoms with Gasteiger partial charge in [0.1, 0.15) is 0 Å². The summed E-state index contributed by atoms with van der Waals surface area (Å²) in [7, 11) is 0. The van der Waals surface area contributed by atoms with E-state index in [2.05, 4.69) is 28.8 Å². The summed E-state index contributed by atoms with van der Waals surface area (Å²) in [4.78, 5) is 11.6. The zero-order chi connectivity index (χ0) is 23.6. The van der Waals surface area contributed by atoms with E-state index in [-0.39, 0.29) is 6.04 Å². The first-order valence-corrected chi connectivity index (χ1v) is 13.1. The minimum absolute atomic E-state index is 0.271. The van der Waals surface area contributed by atoms with Crippen molar-refractivity contribution < 1.29 is 5.11 Å². The first-order chi connectivity index (χ1) is 17.3. The SMILES string of the molecule is Oc1c(C=C2C(c3ccccc3)=Nc3ccccc32)sc(=Nc2ccccc2)n1C1CCCCC1. The molecule has 4 nitrogen and oxygen atoms in total. The molecule has 174 valence electrons. The third-order valence-electron chi connectivity index (χ3n) is 6.78. The number of fused-ring (bicyclic) bond motifs is 1. The Labute approximate surface area is 209 Å². The van der Waals surface area contributed by atoms with Crippen molar-refractivity contribution >= 4 is 40.1 Å². The molecule has 0 saturated heterocycles. The molecule has 1 aliphatic heterocycles. The summed E-state index contributed by atoms with van der Waals surface area (Å²) < 4.78 is 2.07. The summed E-state index contributed by atoms with van der Waals surface area (Å²) in [5.74, 6) is 0.306. The fourth-order valence-corrected chi connectivity index (χ4v) is 6.10. The average molecular weight is 478 g/mol. The van der Waals surface area contributed by atoms with Crippen LogP contribution in [0.2, 0.25) is 0 Å². The molecular formula is C30H27N3OS. The van der Waals surface area contributed by atoms with E-state index >= 15 is 0 Å². The van der Waals surface area contributed by atoms with Crippen molar-refractivity contribution in [3.05, 3.63) is 106 Å². The van der Waals surface area contributed by atoms with Crippen molar-refractivity contribution in [3.63, 3.8) is 0 Å². The number of hydrogen-bond acceptors (Lipinski definition) is 4. The third kappa shape index (κ3) is 4.28. The van der Waals surface area contributed by atoms with Gasteiger partial charge in [0.05, 0.1) is 22.0 Å². The van der Waals surface area contributed by atoms with Gasteiger partial charge < -0.3 is 5.11 Å². The molecule has 0 unspecified atom stereocenters. The first kappa shape index (κ1) is 21.8. The maximum atomic E-state index is 11.5. The second kappa shape index (κ2) is 9.51. The maximum Gasteiger partial charge on any atom is 0.211 e. The molecular weight excluding hydrogens is 450 g/mol. The van der Waals surface area contributed by atoms with Crippen molar-refractivity contribution in [3.8, 4) is 5.88 Å². The zero-order valence-electron chi connectivity index (χ0n) is 19.5. The minimum atomic E-state index is 0.271. The minimum Gasteiger partial charge on any atom is -0.493 e. The van der Waals surface area contributed by atoms with Crippen molar-refractivity contribution in [2.24, 2.45) is 9.98 Å². The van der Waals surface area contributed by atoms with Crippen molar-refractivity contribution in [2.45, 2.75) is 38.1 Å². The zero-order valence-corrected chi connectivity index (χ0v) is 20.3. The molecule has 0 radical (unpaired) electrons. The molecule has 1 aromatic heterocycles. The normalized spacial score (nSPS) is 17.5. The Morgan fingerprint density at radius 3 is 2.31 bits per heavy atom. The predicted octanol–water partition coefficient (Wildman–Crippen LogP) is 7.67. The molecule has 6 rings (SSSR count). The van der Waals surface area contributed by atoms with E-state index in [9.17, 15) is 5.11 Å². The van der Waals surface area contributed by atoms with E-state index in [0.29, 0.717) is 5.88 Å². The summed E-state index contributed by atoms with van der Waals surface area (Å²) in [6, 6.07) is 28.8. The number of nitrogens with zero attached hydrogens (tertiary/aromatic N) is 3. The van der Waals surface area contributed by atoms with Gasteiger partial charge in [-0.3, -0.25) is 4.57 Å². The van der Waals surface area contributed by atoms with Gasteiger partial charge in [0.25, 0.3) is 0 Å². The predicted molar refractivity (Wildman–Crippen MR) is 145 cm³/mol. The van der Waals surface area contributed by atoms with Crippen LogP contribution in [0.4, 0.5) is 11.4 Å². The Kier molecular flexibility index (Phi) is 5.93. The summed E-state index contributed by atoms with van der Waals surface area (Å²) in [5.41, 5.74) is 5.99. The Morgan fingerprint density at radius 2 is 1.54 bits per heavy atom. The fourth-order valence-electron chi connectivity index (χ4n) is 5.05. The summed E-state index contributed by atoms with van der Waals surface area (Å²) in [5, 5.41) is 11.5. The highest BCUT2D eigenvalue weighted by molar-refractivity contribution is 7.10. The quantitative estimate of drug-likeness (QED) is 0.322. The van der Waals surface area contributed by atoms with Gasteiger partial charge >= 0.3 is 0 Å². The highest BCUT2D eigenvalue weighted by atomic mass is 32.1. The van der Waals surface area contributed by atoms with Gasteiger partial charge in [-0.25, -0.2) is 9.98 Å². The first-order valence-electron chi connectivity index (χ1n) is 12.3. The van der Waals surface area contributed by atoms with Gasteiger partial charge in [0, 0.05) is 22.7 Å². The van der Waals surface area contributed by atoms with Crippen molar-refractivity contribution in [2.75, 3.05) is 0 Å². The van der Waals surface area contributed by atoms with Crippen LogP contribution in [0.1, 0.15) is 54.1 Å². The van der Waals surface area contributed by atoms with Gasteiger partial charge in [-0.2, -0.15) is 0 Å². The Hall–Kier alpha value is -3.70. The van der Waals surface area contributed by atoms with Crippen LogP contribution in [0, 0.1) is 0 Å². The maximum absolute atomic E-state index is 11.5. The number of aliphatic imine (C=N–C) groups is 1. The van der Waals surface area contributed by atoms with Crippen molar-refractivity contribution in [1.82, 2.24) is 4.57 Å². The molecule has 0 bridgehead atoms. The lowest BCUT2D eigenvalue weighted by Crippen LogP contribution is -2.22. The van der Waals surface area contributed by atoms with Crippen molar-refractivity contribution in [1.29, 1.82) is 0 Å². The average Bonchev–Trinajstić information content (AvgIpc) is 3.43. The summed E-state index contributed by atoms with van der Waals surface area (Å²) in [6.45, 7) is 0. The largest absolute Gasteiger partial charge is 0.493 e. The van der Waals surface area contributed by atoms with Gasteiger partial charge in [0.2, 0.25) is 5.88 Å². The van der Waals surface area contributed by atoms with Crippen LogP contribution in [0.5, 0.6) is 5.88 Å².